The standard InChI is InChI=1S/C20H19F2N3O4/c21-20(22)18(27)25(15-6-2-1-3-7-15)13-19(29-20)12-24(10-11-28-14-19)17(26)16-8-4-5-9-23-16/h1-9H,10-14H2. The first kappa shape index (κ1) is 19.4. The van der Waals surface area contributed by atoms with Gasteiger partial charge in [-0.3, -0.25) is 19.3 Å². The van der Waals surface area contributed by atoms with Crippen LogP contribution in [0.1, 0.15) is 10.5 Å². The Morgan fingerprint density at radius 1 is 1.07 bits per heavy atom. The number of rotatable bonds is 2. The van der Waals surface area contributed by atoms with Crippen molar-refractivity contribution in [1.82, 2.24) is 9.88 Å². The zero-order valence-corrected chi connectivity index (χ0v) is 15.5. The molecule has 1 atom stereocenters. The third-order valence-electron chi connectivity index (χ3n) is 4.87. The molecule has 1 unspecified atom stereocenters. The molecule has 3 heterocycles. The van der Waals surface area contributed by atoms with Crippen molar-refractivity contribution in [2.75, 3.05) is 37.7 Å². The van der Waals surface area contributed by atoms with Crippen molar-refractivity contribution in [2.24, 2.45) is 0 Å². The van der Waals surface area contributed by atoms with Crippen molar-refractivity contribution in [3.8, 4) is 0 Å². The molecule has 2 aliphatic heterocycles. The van der Waals surface area contributed by atoms with Crippen LogP contribution in [0.2, 0.25) is 0 Å². The number of para-hydroxylation sites is 1. The zero-order chi connectivity index (χ0) is 20.5. The molecule has 7 nitrogen and oxygen atoms in total. The number of amides is 2. The van der Waals surface area contributed by atoms with Gasteiger partial charge in [-0.1, -0.05) is 24.3 Å². The molecule has 2 aliphatic rings. The van der Waals surface area contributed by atoms with E-state index in [2.05, 4.69) is 4.98 Å². The highest BCUT2D eigenvalue weighted by Gasteiger charge is 2.58. The zero-order valence-electron chi connectivity index (χ0n) is 15.5. The van der Waals surface area contributed by atoms with Crippen molar-refractivity contribution in [1.29, 1.82) is 0 Å². The third-order valence-corrected chi connectivity index (χ3v) is 4.87. The Balaban J connectivity index is 1.65. The summed E-state index contributed by atoms with van der Waals surface area (Å²) >= 11 is 0. The Bertz CT molecular complexity index is 897. The quantitative estimate of drug-likeness (QED) is 0.767. The summed E-state index contributed by atoms with van der Waals surface area (Å²) in [5.41, 5.74) is -1.05. The number of anilines is 1. The number of alkyl halides is 2. The number of ether oxygens (including phenoxy) is 2. The van der Waals surface area contributed by atoms with Crippen molar-refractivity contribution in [3.05, 3.63) is 60.4 Å². The molecule has 1 spiro atoms. The maximum absolute atomic E-state index is 14.6. The second-order valence-electron chi connectivity index (χ2n) is 7.02. The molecule has 0 N–H and O–H groups in total. The fourth-order valence-corrected chi connectivity index (χ4v) is 3.57. The van der Waals surface area contributed by atoms with E-state index in [0.29, 0.717) is 5.69 Å². The van der Waals surface area contributed by atoms with Gasteiger partial charge >= 0.3 is 12.0 Å². The van der Waals surface area contributed by atoms with Crippen LogP contribution in [0.25, 0.3) is 0 Å². The summed E-state index contributed by atoms with van der Waals surface area (Å²) in [5, 5.41) is 0. The molecule has 0 bridgehead atoms. The number of carbonyl (C=O) groups excluding carboxylic acids is 2. The highest BCUT2D eigenvalue weighted by molar-refractivity contribution is 5.98. The topological polar surface area (TPSA) is 72.0 Å². The number of hydrogen-bond donors (Lipinski definition) is 0. The molecule has 0 aliphatic carbocycles. The van der Waals surface area contributed by atoms with Gasteiger partial charge in [-0.15, -0.1) is 0 Å². The summed E-state index contributed by atoms with van der Waals surface area (Å²) in [5.74, 6) is -1.85. The molecule has 152 valence electrons. The molecule has 1 aromatic carbocycles. The smallest absolute Gasteiger partial charge is 0.376 e. The molecule has 2 fully saturated rings. The monoisotopic (exact) mass is 403 g/mol. The second kappa shape index (κ2) is 7.49. The summed E-state index contributed by atoms with van der Waals surface area (Å²) in [6, 6.07) is 13.1. The van der Waals surface area contributed by atoms with E-state index in [1.807, 2.05) is 0 Å². The molecule has 2 aromatic rings. The van der Waals surface area contributed by atoms with Crippen molar-refractivity contribution >= 4 is 17.5 Å². The SMILES string of the molecule is O=C(c1ccccn1)N1CCOCC2(C1)CN(c1ccccc1)C(=O)C(F)(F)O2. The predicted octanol–water partition coefficient (Wildman–Crippen LogP) is 1.95. The first-order chi connectivity index (χ1) is 13.9. The van der Waals surface area contributed by atoms with E-state index < -0.39 is 23.5 Å². The van der Waals surface area contributed by atoms with Crippen LogP contribution in [-0.4, -0.2) is 66.3 Å². The van der Waals surface area contributed by atoms with Gasteiger partial charge < -0.3 is 14.5 Å². The molecule has 0 saturated carbocycles. The second-order valence-corrected chi connectivity index (χ2v) is 7.02. The molecule has 2 amide bonds. The van der Waals surface area contributed by atoms with Crippen LogP contribution in [0.3, 0.4) is 0 Å². The average Bonchev–Trinajstić information content (AvgIpc) is 2.93. The summed E-state index contributed by atoms with van der Waals surface area (Å²) in [4.78, 5) is 31.6. The Morgan fingerprint density at radius 2 is 1.83 bits per heavy atom. The minimum absolute atomic E-state index is 0.158. The molecule has 9 heteroatoms. The van der Waals surface area contributed by atoms with Gasteiger partial charge in [0.2, 0.25) is 0 Å². The highest BCUT2D eigenvalue weighted by Crippen LogP contribution is 2.36. The maximum Gasteiger partial charge on any atom is 0.437 e. The maximum atomic E-state index is 14.6. The molecular formula is C20H19F2N3O4. The lowest BCUT2D eigenvalue weighted by Crippen LogP contribution is -2.66. The summed E-state index contributed by atoms with van der Waals surface area (Å²) in [6.07, 6.45) is -2.56. The summed E-state index contributed by atoms with van der Waals surface area (Å²) in [7, 11) is 0. The fourth-order valence-electron chi connectivity index (χ4n) is 3.57. The average molecular weight is 403 g/mol. The van der Waals surface area contributed by atoms with Crippen LogP contribution >= 0.6 is 0 Å². The van der Waals surface area contributed by atoms with E-state index in [0.717, 1.165) is 4.90 Å². The molecule has 4 rings (SSSR count). The first-order valence-electron chi connectivity index (χ1n) is 9.13. The Morgan fingerprint density at radius 3 is 2.55 bits per heavy atom. The number of hydrogen-bond acceptors (Lipinski definition) is 5. The number of aromatic nitrogens is 1. The van der Waals surface area contributed by atoms with E-state index in [-0.39, 0.29) is 38.5 Å². The van der Waals surface area contributed by atoms with Crippen LogP contribution in [-0.2, 0) is 14.3 Å². The molecule has 29 heavy (non-hydrogen) atoms. The molecule has 1 aromatic heterocycles. The number of pyridine rings is 1. The predicted molar refractivity (Wildman–Crippen MR) is 98.5 cm³/mol. The minimum atomic E-state index is -4.04. The summed E-state index contributed by atoms with van der Waals surface area (Å²) < 4.78 is 39.6. The van der Waals surface area contributed by atoms with Gasteiger partial charge in [0.1, 0.15) is 11.3 Å². The van der Waals surface area contributed by atoms with Crippen LogP contribution in [0.5, 0.6) is 0 Å². The number of nitrogens with zero attached hydrogens (tertiary/aromatic N) is 3. The Labute approximate surface area is 165 Å². The van der Waals surface area contributed by atoms with Crippen LogP contribution in [0.4, 0.5) is 14.5 Å². The van der Waals surface area contributed by atoms with Crippen molar-refractivity contribution in [3.63, 3.8) is 0 Å². The molecule has 2 saturated heterocycles. The van der Waals surface area contributed by atoms with E-state index in [4.69, 9.17) is 9.47 Å². The van der Waals surface area contributed by atoms with Crippen LogP contribution in [0, 0.1) is 0 Å². The number of benzene rings is 1. The number of morpholine rings is 1. The van der Waals surface area contributed by atoms with E-state index >= 15 is 0 Å². The normalized spacial score (nSPS) is 24.4. The van der Waals surface area contributed by atoms with Gasteiger partial charge in [0.25, 0.3) is 5.91 Å². The van der Waals surface area contributed by atoms with Crippen LogP contribution in [0.15, 0.2) is 54.7 Å². The summed E-state index contributed by atoms with van der Waals surface area (Å²) in [6.45, 7) is -0.142. The molecule has 0 radical (unpaired) electrons. The van der Waals surface area contributed by atoms with Gasteiger partial charge in [-0.2, -0.15) is 8.78 Å². The minimum Gasteiger partial charge on any atom is -0.376 e. The van der Waals surface area contributed by atoms with Gasteiger partial charge in [-0.25, -0.2) is 0 Å². The van der Waals surface area contributed by atoms with Gasteiger partial charge in [0.15, 0.2) is 0 Å². The number of halogens is 2. The first-order valence-corrected chi connectivity index (χ1v) is 9.13. The fraction of sp³-hybridized carbons (Fsp3) is 0.350. The van der Waals surface area contributed by atoms with Crippen molar-refractivity contribution < 1.29 is 27.8 Å². The lowest BCUT2D eigenvalue weighted by molar-refractivity contribution is -0.293. The largest absolute Gasteiger partial charge is 0.437 e. The number of carbonyl (C=O) groups is 2. The van der Waals surface area contributed by atoms with E-state index in [9.17, 15) is 18.4 Å². The lowest BCUT2D eigenvalue weighted by Gasteiger charge is -2.45. The Kier molecular flexibility index (Phi) is 5.01. The third kappa shape index (κ3) is 3.83. The van der Waals surface area contributed by atoms with Gasteiger partial charge in [-0.05, 0) is 24.3 Å². The van der Waals surface area contributed by atoms with Crippen molar-refractivity contribution in [2.45, 2.75) is 11.7 Å². The highest BCUT2D eigenvalue weighted by atomic mass is 19.3. The van der Waals surface area contributed by atoms with Gasteiger partial charge in [0, 0.05) is 18.4 Å². The molecular weight excluding hydrogens is 384 g/mol. The lowest BCUT2D eigenvalue weighted by atomic mass is 10.00. The van der Waals surface area contributed by atoms with E-state index in [1.165, 1.54) is 11.1 Å². The van der Waals surface area contributed by atoms with Gasteiger partial charge in [0.05, 0.1) is 26.3 Å². The van der Waals surface area contributed by atoms with E-state index in [1.54, 1.807) is 48.5 Å². The van der Waals surface area contributed by atoms with Crippen LogP contribution < -0.4 is 4.90 Å². The Hall–Kier alpha value is -2.91.